The predicted molar refractivity (Wildman–Crippen MR) is 137 cm³/mol. The molecule has 11 heteroatoms. The number of thioether (sulfide) groups is 1. The van der Waals surface area contributed by atoms with Crippen molar-refractivity contribution < 1.29 is 4.79 Å². The zero-order chi connectivity index (χ0) is 24.0. The highest BCUT2D eigenvalue weighted by Crippen LogP contribution is 2.32. The lowest BCUT2D eigenvalue weighted by Gasteiger charge is -2.11. The quantitative estimate of drug-likeness (QED) is 0.286. The minimum absolute atomic E-state index is 0.234. The minimum atomic E-state index is -0.234. The summed E-state index contributed by atoms with van der Waals surface area (Å²) in [5.41, 5.74) is 2.82. The Morgan fingerprint density at radius 3 is 2.66 bits per heavy atom. The molecule has 0 saturated carbocycles. The number of para-hydroxylation sites is 1. The predicted octanol–water partition coefficient (Wildman–Crippen LogP) is 5.06. The average molecular weight is 520 g/mol. The molecule has 0 fully saturated rings. The first kappa shape index (κ1) is 23.2. The first-order valence-electron chi connectivity index (χ1n) is 10.5. The van der Waals surface area contributed by atoms with Crippen LogP contribution in [0.25, 0.3) is 17.1 Å². The number of nitrogens with one attached hydrogen (secondary N) is 1. The third kappa shape index (κ3) is 5.40. The highest BCUT2D eigenvalue weighted by Gasteiger charge is 2.19. The molecule has 0 radical (unpaired) electrons. The maximum atomic E-state index is 12.5. The molecule has 35 heavy (non-hydrogen) atoms. The number of thiazole rings is 1. The number of hydrogen-bond donors (Lipinski definition) is 1. The van der Waals surface area contributed by atoms with E-state index < -0.39 is 0 Å². The molecule has 0 aliphatic rings. The summed E-state index contributed by atoms with van der Waals surface area (Å²) < 4.78 is 1.93. The Hall–Kier alpha value is -3.60. The van der Waals surface area contributed by atoms with Gasteiger partial charge >= 0.3 is 0 Å². The van der Waals surface area contributed by atoms with E-state index >= 15 is 0 Å². The maximum Gasteiger partial charge on any atom is 0.271 e. The fraction of sp³-hybridized carbons (Fsp3) is 0.0833. The average Bonchev–Trinajstić information content (AvgIpc) is 3.55. The van der Waals surface area contributed by atoms with Gasteiger partial charge in [-0.25, -0.2) is 4.98 Å². The van der Waals surface area contributed by atoms with Crippen LogP contribution in [0.2, 0.25) is 5.02 Å². The van der Waals surface area contributed by atoms with Crippen LogP contribution in [-0.4, -0.2) is 35.6 Å². The van der Waals surface area contributed by atoms with Crippen LogP contribution in [0.15, 0.2) is 83.7 Å². The summed E-state index contributed by atoms with van der Waals surface area (Å²) in [6.45, 7) is 0.347. The molecule has 1 aromatic carbocycles. The summed E-state index contributed by atoms with van der Waals surface area (Å²) in [6.07, 6.45) is 5.12. The standard InChI is InChI=1S/C24H18ClN7OS2/c25-18-6-1-2-7-20(18)32-22(16-8-11-26-12-9-16)30-31-24(32)35-15-21-29-19(14-34-21)23(33)28-13-17-5-3-4-10-27-17/h1-12,14H,13,15H2,(H,28,33). The molecule has 0 spiro atoms. The zero-order valence-corrected chi connectivity index (χ0v) is 20.6. The first-order valence-corrected chi connectivity index (χ1v) is 12.8. The number of amides is 1. The minimum Gasteiger partial charge on any atom is -0.345 e. The number of hydrogen-bond acceptors (Lipinski definition) is 8. The molecule has 0 atom stereocenters. The van der Waals surface area contributed by atoms with E-state index in [9.17, 15) is 4.79 Å². The van der Waals surface area contributed by atoms with Crippen LogP contribution in [0.4, 0.5) is 0 Å². The molecule has 5 aromatic rings. The van der Waals surface area contributed by atoms with Crippen LogP contribution in [0, 0.1) is 0 Å². The summed E-state index contributed by atoms with van der Waals surface area (Å²) in [5, 5.41) is 15.5. The third-order valence-electron chi connectivity index (χ3n) is 4.93. The fourth-order valence-corrected chi connectivity index (χ4v) is 5.23. The first-order chi connectivity index (χ1) is 17.2. The van der Waals surface area contributed by atoms with Crippen molar-refractivity contribution in [1.82, 2.24) is 35.0 Å². The van der Waals surface area contributed by atoms with Crippen molar-refractivity contribution in [2.75, 3.05) is 0 Å². The van der Waals surface area contributed by atoms with Gasteiger partial charge in [-0.15, -0.1) is 21.5 Å². The van der Waals surface area contributed by atoms with E-state index in [-0.39, 0.29) is 5.91 Å². The topological polar surface area (TPSA) is 98.5 Å². The Morgan fingerprint density at radius 2 is 1.86 bits per heavy atom. The lowest BCUT2D eigenvalue weighted by Crippen LogP contribution is -2.23. The molecule has 5 rings (SSSR count). The maximum absolute atomic E-state index is 12.5. The molecule has 4 aromatic heterocycles. The van der Waals surface area contributed by atoms with Gasteiger partial charge in [0.1, 0.15) is 10.7 Å². The number of carbonyl (C=O) groups is 1. The largest absolute Gasteiger partial charge is 0.345 e. The monoisotopic (exact) mass is 519 g/mol. The Bertz CT molecular complexity index is 1440. The van der Waals surface area contributed by atoms with Gasteiger partial charge in [-0.3, -0.25) is 19.3 Å². The third-order valence-corrected chi connectivity index (χ3v) is 7.22. The second-order valence-corrected chi connectivity index (χ2v) is 9.54. The van der Waals surface area contributed by atoms with Gasteiger partial charge < -0.3 is 5.32 Å². The van der Waals surface area contributed by atoms with Crippen molar-refractivity contribution in [3.63, 3.8) is 0 Å². The van der Waals surface area contributed by atoms with Crippen LogP contribution in [0.5, 0.6) is 0 Å². The van der Waals surface area contributed by atoms with Crippen LogP contribution in [-0.2, 0) is 12.3 Å². The van der Waals surface area contributed by atoms with E-state index in [1.807, 2.05) is 59.2 Å². The van der Waals surface area contributed by atoms with E-state index in [1.54, 1.807) is 24.0 Å². The number of rotatable bonds is 8. The Morgan fingerprint density at radius 1 is 1.03 bits per heavy atom. The van der Waals surface area contributed by atoms with Crippen molar-refractivity contribution in [1.29, 1.82) is 0 Å². The van der Waals surface area contributed by atoms with Gasteiger partial charge in [0, 0.05) is 29.5 Å². The van der Waals surface area contributed by atoms with Crippen molar-refractivity contribution in [2.45, 2.75) is 17.5 Å². The van der Waals surface area contributed by atoms with Gasteiger partial charge in [0.2, 0.25) is 0 Å². The molecule has 1 amide bonds. The van der Waals surface area contributed by atoms with Gasteiger partial charge in [0.15, 0.2) is 11.0 Å². The molecule has 4 heterocycles. The highest BCUT2D eigenvalue weighted by molar-refractivity contribution is 7.98. The smallest absolute Gasteiger partial charge is 0.271 e. The number of benzene rings is 1. The lowest BCUT2D eigenvalue weighted by molar-refractivity contribution is 0.0946. The number of pyridine rings is 2. The van der Waals surface area contributed by atoms with Crippen molar-refractivity contribution in [2.24, 2.45) is 0 Å². The van der Waals surface area contributed by atoms with E-state index in [0.29, 0.717) is 34.0 Å². The van der Waals surface area contributed by atoms with Crippen molar-refractivity contribution in [3.8, 4) is 17.1 Å². The summed E-state index contributed by atoms with van der Waals surface area (Å²) in [7, 11) is 0. The molecule has 174 valence electrons. The van der Waals surface area contributed by atoms with Gasteiger partial charge in [-0.1, -0.05) is 41.6 Å². The van der Waals surface area contributed by atoms with Crippen LogP contribution in [0.1, 0.15) is 21.2 Å². The number of aromatic nitrogens is 6. The number of carbonyl (C=O) groups excluding carboxylic acids is 1. The van der Waals surface area contributed by atoms with Crippen molar-refractivity contribution in [3.05, 3.63) is 100.0 Å². The van der Waals surface area contributed by atoms with E-state index in [4.69, 9.17) is 11.6 Å². The second-order valence-electron chi connectivity index (χ2n) is 7.25. The molecule has 0 aliphatic carbocycles. The normalized spacial score (nSPS) is 10.9. The lowest BCUT2D eigenvalue weighted by atomic mass is 10.2. The van der Waals surface area contributed by atoms with Crippen molar-refractivity contribution >= 4 is 40.6 Å². The zero-order valence-electron chi connectivity index (χ0n) is 18.2. The Labute approximate surface area is 214 Å². The summed E-state index contributed by atoms with van der Waals surface area (Å²) in [5.74, 6) is 0.955. The van der Waals surface area contributed by atoms with Crippen LogP contribution < -0.4 is 5.32 Å². The summed E-state index contributed by atoms with van der Waals surface area (Å²) in [6, 6.07) is 16.9. The molecular formula is C24H18ClN7OS2. The van der Waals surface area contributed by atoms with Crippen LogP contribution >= 0.6 is 34.7 Å². The van der Waals surface area contributed by atoms with Crippen LogP contribution in [0.3, 0.4) is 0 Å². The van der Waals surface area contributed by atoms with Gasteiger partial charge in [0.05, 0.1) is 28.7 Å². The molecule has 0 bridgehead atoms. The molecule has 0 aliphatic heterocycles. The van der Waals surface area contributed by atoms with E-state index in [2.05, 4.69) is 30.5 Å². The number of halogens is 1. The Kier molecular flexibility index (Phi) is 7.12. The molecule has 0 saturated heterocycles. The summed E-state index contributed by atoms with van der Waals surface area (Å²) in [4.78, 5) is 25.3. The van der Waals surface area contributed by atoms with E-state index in [0.717, 1.165) is 22.0 Å². The number of nitrogens with zero attached hydrogens (tertiary/aromatic N) is 6. The Balaban J connectivity index is 1.33. The second kappa shape index (κ2) is 10.8. The van der Waals surface area contributed by atoms with Gasteiger partial charge in [-0.2, -0.15) is 0 Å². The molecular weight excluding hydrogens is 502 g/mol. The van der Waals surface area contributed by atoms with Gasteiger partial charge in [0.25, 0.3) is 5.91 Å². The highest BCUT2D eigenvalue weighted by atomic mass is 35.5. The SMILES string of the molecule is O=C(NCc1ccccn1)c1csc(CSc2nnc(-c3ccncc3)n2-c2ccccc2Cl)n1. The van der Waals surface area contributed by atoms with Gasteiger partial charge in [-0.05, 0) is 36.4 Å². The fourth-order valence-electron chi connectivity index (χ4n) is 3.27. The summed E-state index contributed by atoms with van der Waals surface area (Å²) >= 11 is 9.42. The van der Waals surface area contributed by atoms with E-state index in [1.165, 1.54) is 23.1 Å². The molecule has 1 N–H and O–H groups in total. The molecule has 8 nitrogen and oxygen atoms in total. The molecule has 0 unspecified atom stereocenters.